The largest absolute Gasteiger partial charge is 0.370 e. The van der Waals surface area contributed by atoms with Gasteiger partial charge in [-0.15, -0.1) is 0 Å². The van der Waals surface area contributed by atoms with Crippen LogP contribution in [0.25, 0.3) is 0 Å². The minimum absolute atomic E-state index is 0.0949. The van der Waals surface area contributed by atoms with Crippen molar-refractivity contribution in [2.45, 2.75) is 12.6 Å². The number of hydrogen-bond acceptors (Lipinski definition) is 4. The van der Waals surface area contributed by atoms with Crippen LogP contribution in [0, 0.1) is 15.9 Å². The fraction of sp³-hybridized carbons (Fsp3) is 0.0952. The van der Waals surface area contributed by atoms with Gasteiger partial charge >= 0.3 is 0 Å². The van der Waals surface area contributed by atoms with Gasteiger partial charge in [0, 0.05) is 36.4 Å². The molecule has 1 atom stereocenters. The number of benzene rings is 2. The highest BCUT2D eigenvalue weighted by Gasteiger charge is 2.33. The van der Waals surface area contributed by atoms with Crippen LogP contribution in [0.2, 0.25) is 0 Å². The van der Waals surface area contributed by atoms with Crippen LogP contribution in [0.15, 0.2) is 79.1 Å². The summed E-state index contributed by atoms with van der Waals surface area (Å²) in [4.78, 5) is 23.8. The van der Waals surface area contributed by atoms with Crippen LogP contribution in [0.5, 0.6) is 0 Å². The van der Waals surface area contributed by atoms with Gasteiger partial charge in [0.25, 0.3) is 11.7 Å². The Bertz CT molecular complexity index is 1030. The third kappa shape index (κ3) is 5.05. The molecule has 0 radical (unpaired) electrons. The molecule has 0 amide bonds. The molecule has 29 heavy (non-hydrogen) atoms. The van der Waals surface area contributed by atoms with E-state index in [0.717, 1.165) is 5.56 Å². The van der Waals surface area contributed by atoms with Crippen LogP contribution in [0.1, 0.15) is 22.0 Å². The minimum Gasteiger partial charge on any atom is -0.370 e. The lowest BCUT2D eigenvalue weighted by Gasteiger charge is -2.15. The van der Waals surface area contributed by atoms with Gasteiger partial charge in [-0.2, -0.15) is 4.57 Å². The second-order valence-electron chi connectivity index (χ2n) is 6.24. The van der Waals surface area contributed by atoms with Crippen LogP contribution in [-0.4, -0.2) is 15.7 Å². The van der Waals surface area contributed by atoms with Crippen molar-refractivity contribution in [2.75, 3.05) is 0 Å². The number of thiocarbonyl (C=S) groups is 1. The molecule has 1 heterocycles. The van der Waals surface area contributed by atoms with Gasteiger partial charge in [0.05, 0.1) is 4.92 Å². The Morgan fingerprint density at radius 1 is 1.07 bits per heavy atom. The summed E-state index contributed by atoms with van der Waals surface area (Å²) in [5, 5.41) is 13.9. The second-order valence-corrected chi connectivity index (χ2v) is 6.68. The molecule has 6 nitrogen and oxygen atoms in total. The number of halogens is 1. The third-order valence-electron chi connectivity index (χ3n) is 4.28. The molecule has 8 heteroatoms. The first-order valence-electron chi connectivity index (χ1n) is 8.72. The monoisotopic (exact) mass is 410 g/mol. The lowest BCUT2D eigenvalue weighted by Crippen LogP contribution is -2.51. The molecule has 0 unspecified atom stereocenters. The molecular weight excluding hydrogens is 393 g/mol. The molecule has 1 N–H and O–H groups in total. The van der Waals surface area contributed by atoms with E-state index in [2.05, 4.69) is 5.32 Å². The number of aromatic nitrogens is 1. The fourth-order valence-electron chi connectivity index (χ4n) is 2.77. The minimum atomic E-state index is -0.826. The van der Waals surface area contributed by atoms with Gasteiger partial charge in [-0.3, -0.25) is 14.9 Å². The van der Waals surface area contributed by atoms with Crippen LogP contribution >= 0.6 is 12.2 Å². The molecule has 1 aromatic heterocycles. The van der Waals surface area contributed by atoms with Gasteiger partial charge in [-0.05, 0) is 29.8 Å². The van der Waals surface area contributed by atoms with E-state index in [1.165, 1.54) is 36.4 Å². The Morgan fingerprint density at radius 2 is 1.69 bits per heavy atom. The highest BCUT2D eigenvalue weighted by molar-refractivity contribution is 7.80. The van der Waals surface area contributed by atoms with Crippen molar-refractivity contribution < 1.29 is 18.7 Å². The number of nitro benzene ring substituents is 1. The first-order valence-corrected chi connectivity index (χ1v) is 9.13. The number of ketones is 1. The van der Waals surface area contributed by atoms with E-state index in [9.17, 15) is 19.3 Å². The van der Waals surface area contributed by atoms with Crippen molar-refractivity contribution in [1.29, 1.82) is 0 Å². The predicted molar refractivity (Wildman–Crippen MR) is 109 cm³/mol. The van der Waals surface area contributed by atoms with Gasteiger partial charge in [-0.1, -0.05) is 30.4 Å². The Kier molecular flexibility index (Phi) is 6.36. The normalized spacial score (nSPS) is 11.5. The Balaban J connectivity index is 1.84. The van der Waals surface area contributed by atoms with Gasteiger partial charge in [0.2, 0.25) is 5.78 Å². The SMILES string of the molecule is O=C(c1ccc([N+](=O)[O-])cc1)[C@@H](C(=S)NCc1ccc(F)cc1)[n+]1ccccc1. The molecule has 0 aliphatic heterocycles. The number of carbonyl (C=O) groups is 1. The second kappa shape index (κ2) is 9.11. The first-order chi connectivity index (χ1) is 14.0. The molecule has 0 aliphatic carbocycles. The Hall–Kier alpha value is -3.52. The van der Waals surface area contributed by atoms with E-state index in [1.54, 1.807) is 41.2 Å². The summed E-state index contributed by atoms with van der Waals surface area (Å²) in [5.74, 6) is -0.630. The van der Waals surface area contributed by atoms with Crippen molar-refractivity contribution in [3.63, 3.8) is 0 Å². The van der Waals surface area contributed by atoms with E-state index in [0.29, 0.717) is 12.1 Å². The average molecular weight is 410 g/mol. The molecule has 0 bridgehead atoms. The van der Waals surface area contributed by atoms with E-state index in [1.807, 2.05) is 6.07 Å². The molecule has 0 saturated heterocycles. The smallest absolute Gasteiger partial charge is 0.270 e. The van der Waals surface area contributed by atoms with Crippen molar-refractivity contribution in [3.8, 4) is 0 Å². The number of Topliss-reactive ketones (excluding diaryl/α,β-unsaturated/α-hetero) is 1. The number of pyridine rings is 1. The molecule has 0 fully saturated rings. The number of nitrogens with zero attached hydrogens (tertiary/aromatic N) is 2. The summed E-state index contributed by atoms with van der Waals surface area (Å²) < 4.78 is 14.7. The van der Waals surface area contributed by atoms with Crippen molar-refractivity contribution in [3.05, 3.63) is 106 Å². The Morgan fingerprint density at radius 3 is 2.28 bits per heavy atom. The number of non-ortho nitro benzene ring substituents is 1. The fourth-order valence-corrected chi connectivity index (χ4v) is 3.07. The van der Waals surface area contributed by atoms with Crippen LogP contribution in [0.4, 0.5) is 10.1 Å². The molecule has 3 aromatic rings. The standard InChI is InChI=1S/C21H16FN3O3S/c22-17-8-4-15(5-9-17)14-23-21(29)19(24-12-2-1-3-13-24)20(26)16-6-10-18(11-7-16)25(27)28/h1-13,19H,14H2/p+1/t19-/m0/s1. The van der Waals surface area contributed by atoms with Crippen molar-refractivity contribution in [2.24, 2.45) is 0 Å². The van der Waals surface area contributed by atoms with Gasteiger partial charge in [0.1, 0.15) is 5.82 Å². The molecule has 0 aliphatic rings. The number of nitrogens with one attached hydrogen (secondary N) is 1. The molecular formula is C21H17FN3O3S+. The van der Waals surface area contributed by atoms with E-state index < -0.39 is 11.0 Å². The molecule has 2 aromatic carbocycles. The maximum atomic E-state index is 13.2. The zero-order chi connectivity index (χ0) is 20.8. The van der Waals surface area contributed by atoms with Gasteiger partial charge < -0.3 is 5.32 Å². The maximum Gasteiger partial charge on any atom is 0.270 e. The van der Waals surface area contributed by atoms with E-state index >= 15 is 0 Å². The molecule has 3 rings (SSSR count). The molecule has 0 spiro atoms. The van der Waals surface area contributed by atoms with Crippen LogP contribution in [-0.2, 0) is 6.54 Å². The van der Waals surface area contributed by atoms with E-state index in [-0.39, 0.29) is 22.3 Å². The highest BCUT2D eigenvalue weighted by atomic mass is 32.1. The summed E-state index contributed by atoms with van der Waals surface area (Å²) in [6, 6.07) is 15.9. The number of carbonyl (C=O) groups excluding carboxylic acids is 1. The van der Waals surface area contributed by atoms with Gasteiger partial charge in [0.15, 0.2) is 17.4 Å². The van der Waals surface area contributed by atoms with Crippen molar-refractivity contribution in [1.82, 2.24) is 5.32 Å². The molecule has 0 saturated carbocycles. The lowest BCUT2D eigenvalue weighted by molar-refractivity contribution is -0.692. The maximum absolute atomic E-state index is 13.2. The number of nitro groups is 1. The number of rotatable bonds is 7. The zero-order valence-corrected chi connectivity index (χ0v) is 16.0. The van der Waals surface area contributed by atoms with Gasteiger partial charge in [-0.25, -0.2) is 4.39 Å². The average Bonchev–Trinajstić information content (AvgIpc) is 2.74. The highest BCUT2D eigenvalue weighted by Crippen LogP contribution is 2.16. The lowest BCUT2D eigenvalue weighted by atomic mass is 10.0. The zero-order valence-electron chi connectivity index (χ0n) is 15.2. The summed E-state index contributed by atoms with van der Waals surface area (Å²) in [5.41, 5.74) is 1.03. The van der Waals surface area contributed by atoms with Crippen molar-refractivity contribution >= 4 is 28.7 Å². The topological polar surface area (TPSA) is 76.1 Å². The third-order valence-corrected chi connectivity index (χ3v) is 4.64. The summed E-state index contributed by atoms with van der Waals surface area (Å²) in [6.45, 7) is 0.330. The van der Waals surface area contributed by atoms with Crippen LogP contribution < -0.4 is 9.88 Å². The van der Waals surface area contributed by atoms with E-state index in [4.69, 9.17) is 12.2 Å². The number of hydrogen-bond donors (Lipinski definition) is 1. The first kappa shape index (κ1) is 20.2. The summed E-state index contributed by atoms with van der Waals surface area (Å²) in [6.07, 6.45) is 3.44. The summed E-state index contributed by atoms with van der Waals surface area (Å²) in [7, 11) is 0. The molecule has 146 valence electrons. The van der Waals surface area contributed by atoms with Crippen LogP contribution in [0.3, 0.4) is 0 Å². The summed E-state index contributed by atoms with van der Waals surface area (Å²) >= 11 is 5.49. The predicted octanol–water partition coefficient (Wildman–Crippen LogP) is 3.56. The Labute approximate surface area is 171 Å². The quantitative estimate of drug-likeness (QED) is 0.212.